The highest BCUT2D eigenvalue weighted by molar-refractivity contribution is 7.91. The van der Waals surface area contributed by atoms with E-state index in [1.807, 2.05) is 0 Å². The molecule has 0 radical (unpaired) electrons. The molecule has 0 aromatic carbocycles. The highest BCUT2D eigenvalue weighted by Gasteiger charge is 2.33. The molecule has 1 atom stereocenters. The van der Waals surface area contributed by atoms with Gasteiger partial charge >= 0.3 is 0 Å². The van der Waals surface area contributed by atoms with Gasteiger partial charge in [0.2, 0.25) is 0 Å². The zero-order chi connectivity index (χ0) is 13.3. The van der Waals surface area contributed by atoms with Gasteiger partial charge in [-0.05, 0) is 18.6 Å². The first-order valence-corrected chi connectivity index (χ1v) is 7.69. The van der Waals surface area contributed by atoms with Crippen molar-refractivity contribution in [3.8, 4) is 0 Å². The molecule has 18 heavy (non-hydrogen) atoms. The van der Waals surface area contributed by atoms with Gasteiger partial charge < -0.3 is 4.90 Å². The Hall–Kier alpha value is -1.14. The van der Waals surface area contributed by atoms with Crippen molar-refractivity contribution in [3.63, 3.8) is 0 Å². The predicted octanol–water partition coefficient (Wildman–Crippen LogP) is 0.994. The Morgan fingerprint density at radius 1 is 1.50 bits per heavy atom. The molecule has 1 amide bonds. The van der Waals surface area contributed by atoms with E-state index in [1.54, 1.807) is 25.2 Å². The van der Waals surface area contributed by atoms with Gasteiger partial charge in [0.1, 0.15) is 10.8 Å². The van der Waals surface area contributed by atoms with E-state index in [4.69, 9.17) is 11.6 Å². The number of sulfone groups is 1. The molecule has 1 fully saturated rings. The average molecular weight is 289 g/mol. The van der Waals surface area contributed by atoms with Gasteiger partial charge in [0, 0.05) is 13.1 Å². The number of hydrogen-bond acceptors (Lipinski definition) is 4. The molecule has 2 heterocycles. The third kappa shape index (κ3) is 2.81. The molecule has 0 bridgehead atoms. The molecule has 1 aliphatic rings. The van der Waals surface area contributed by atoms with Gasteiger partial charge in [-0.15, -0.1) is 0 Å². The average Bonchev–Trinajstić information content (AvgIpc) is 2.68. The SMILES string of the molecule is CN(C(=O)c1cccc(Cl)n1)C1CCS(=O)(=O)C1. The fourth-order valence-corrected chi connectivity index (χ4v) is 3.89. The molecule has 98 valence electrons. The monoisotopic (exact) mass is 288 g/mol. The first kappa shape index (κ1) is 13.3. The molecule has 5 nitrogen and oxygen atoms in total. The topological polar surface area (TPSA) is 67.3 Å². The van der Waals surface area contributed by atoms with Crippen molar-refractivity contribution in [2.75, 3.05) is 18.6 Å². The number of carbonyl (C=O) groups excluding carboxylic acids is 1. The van der Waals surface area contributed by atoms with Gasteiger partial charge in [0.05, 0.1) is 11.5 Å². The lowest BCUT2D eigenvalue weighted by Gasteiger charge is -2.22. The first-order chi connectivity index (χ1) is 8.39. The van der Waals surface area contributed by atoms with Crippen LogP contribution in [0.5, 0.6) is 0 Å². The molecule has 1 aromatic rings. The van der Waals surface area contributed by atoms with Crippen LogP contribution in [-0.4, -0.2) is 48.8 Å². The lowest BCUT2D eigenvalue weighted by molar-refractivity contribution is 0.0742. The second kappa shape index (κ2) is 4.85. The number of hydrogen-bond donors (Lipinski definition) is 0. The molecule has 1 aliphatic heterocycles. The number of aromatic nitrogens is 1. The van der Waals surface area contributed by atoms with Crippen LogP contribution in [0.4, 0.5) is 0 Å². The highest BCUT2D eigenvalue weighted by Crippen LogP contribution is 2.18. The largest absolute Gasteiger partial charge is 0.336 e. The zero-order valence-electron chi connectivity index (χ0n) is 9.84. The molecule has 0 aliphatic carbocycles. The van der Waals surface area contributed by atoms with Crippen LogP contribution in [0.2, 0.25) is 5.15 Å². The minimum absolute atomic E-state index is 0.0236. The smallest absolute Gasteiger partial charge is 0.272 e. The maximum absolute atomic E-state index is 12.1. The quantitative estimate of drug-likeness (QED) is 0.761. The fraction of sp³-hybridized carbons (Fsp3) is 0.455. The van der Waals surface area contributed by atoms with E-state index in [0.717, 1.165) is 0 Å². The lowest BCUT2D eigenvalue weighted by atomic mass is 10.2. The van der Waals surface area contributed by atoms with Gasteiger partial charge in [-0.25, -0.2) is 13.4 Å². The third-order valence-electron chi connectivity index (χ3n) is 3.01. The number of pyridine rings is 1. The summed E-state index contributed by atoms with van der Waals surface area (Å²) >= 11 is 5.72. The van der Waals surface area contributed by atoms with E-state index in [-0.39, 0.29) is 34.3 Å². The Morgan fingerprint density at radius 3 is 2.78 bits per heavy atom. The van der Waals surface area contributed by atoms with E-state index in [9.17, 15) is 13.2 Å². The van der Waals surface area contributed by atoms with E-state index >= 15 is 0 Å². The second-order valence-electron chi connectivity index (χ2n) is 4.32. The summed E-state index contributed by atoms with van der Waals surface area (Å²) in [5.41, 5.74) is 0.231. The predicted molar refractivity (Wildman–Crippen MR) is 68.4 cm³/mol. The minimum Gasteiger partial charge on any atom is -0.336 e. The minimum atomic E-state index is -3.00. The standard InChI is InChI=1S/C11H13ClN2O3S/c1-14(8-5-6-18(16,17)7-8)11(15)9-3-2-4-10(12)13-9/h2-4,8H,5-7H2,1H3. The van der Waals surface area contributed by atoms with Crippen molar-refractivity contribution in [3.05, 3.63) is 29.0 Å². The lowest BCUT2D eigenvalue weighted by Crippen LogP contribution is -2.38. The summed E-state index contributed by atoms with van der Waals surface area (Å²) in [5, 5.41) is 0.244. The molecule has 2 rings (SSSR count). The molecule has 1 aromatic heterocycles. The molecular formula is C11H13ClN2O3S. The van der Waals surface area contributed by atoms with Crippen molar-refractivity contribution in [1.82, 2.24) is 9.88 Å². The Balaban J connectivity index is 2.15. The summed E-state index contributed by atoms with van der Waals surface area (Å²) in [7, 11) is -1.41. The van der Waals surface area contributed by atoms with Crippen LogP contribution < -0.4 is 0 Å². The maximum atomic E-state index is 12.1. The van der Waals surface area contributed by atoms with E-state index < -0.39 is 9.84 Å². The number of rotatable bonds is 2. The van der Waals surface area contributed by atoms with Crippen LogP contribution in [0.1, 0.15) is 16.9 Å². The van der Waals surface area contributed by atoms with E-state index in [1.165, 1.54) is 4.90 Å². The van der Waals surface area contributed by atoms with Crippen molar-refractivity contribution < 1.29 is 13.2 Å². The van der Waals surface area contributed by atoms with Crippen molar-refractivity contribution in [2.45, 2.75) is 12.5 Å². The molecule has 0 N–H and O–H groups in total. The van der Waals surface area contributed by atoms with Crippen molar-refractivity contribution >= 4 is 27.3 Å². The van der Waals surface area contributed by atoms with Crippen LogP contribution in [0.25, 0.3) is 0 Å². The summed E-state index contributed by atoms with van der Waals surface area (Å²) < 4.78 is 22.8. The van der Waals surface area contributed by atoms with Crippen molar-refractivity contribution in [1.29, 1.82) is 0 Å². The summed E-state index contributed by atoms with van der Waals surface area (Å²) in [5.74, 6) is -0.145. The Labute approximate surface area is 111 Å². The first-order valence-electron chi connectivity index (χ1n) is 5.49. The molecule has 0 saturated carbocycles. The maximum Gasteiger partial charge on any atom is 0.272 e. The zero-order valence-corrected chi connectivity index (χ0v) is 11.4. The van der Waals surface area contributed by atoms with Crippen LogP contribution in [0.15, 0.2) is 18.2 Å². The Bertz CT molecular complexity index is 573. The van der Waals surface area contributed by atoms with Gasteiger partial charge in [-0.1, -0.05) is 17.7 Å². The summed E-state index contributed by atoms with van der Waals surface area (Å²) in [6.45, 7) is 0. The summed E-state index contributed by atoms with van der Waals surface area (Å²) in [6.07, 6.45) is 0.477. The summed E-state index contributed by atoms with van der Waals surface area (Å²) in [6, 6.07) is 4.51. The van der Waals surface area contributed by atoms with Gasteiger partial charge in [0.25, 0.3) is 5.91 Å². The number of amides is 1. The van der Waals surface area contributed by atoms with Crippen molar-refractivity contribution in [2.24, 2.45) is 0 Å². The van der Waals surface area contributed by atoms with Crippen LogP contribution in [-0.2, 0) is 9.84 Å². The van der Waals surface area contributed by atoms with Crippen LogP contribution >= 0.6 is 11.6 Å². The highest BCUT2D eigenvalue weighted by atomic mass is 35.5. The van der Waals surface area contributed by atoms with Crippen LogP contribution in [0.3, 0.4) is 0 Å². The molecule has 7 heteroatoms. The summed E-state index contributed by atoms with van der Waals surface area (Å²) in [4.78, 5) is 17.5. The van der Waals surface area contributed by atoms with Gasteiger partial charge in [-0.2, -0.15) is 0 Å². The Kier molecular flexibility index (Phi) is 3.59. The Morgan fingerprint density at radius 2 is 2.22 bits per heavy atom. The molecule has 1 unspecified atom stereocenters. The molecular weight excluding hydrogens is 276 g/mol. The van der Waals surface area contributed by atoms with Crippen LogP contribution in [0, 0.1) is 0 Å². The van der Waals surface area contributed by atoms with E-state index in [2.05, 4.69) is 4.98 Å². The van der Waals surface area contributed by atoms with Gasteiger partial charge in [0.15, 0.2) is 9.84 Å². The fourth-order valence-electron chi connectivity index (χ4n) is 1.95. The number of nitrogens with zero attached hydrogens (tertiary/aromatic N) is 2. The second-order valence-corrected chi connectivity index (χ2v) is 6.93. The van der Waals surface area contributed by atoms with E-state index in [0.29, 0.717) is 6.42 Å². The normalized spacial score (nSPS) is 21.8. The van der Waals surface area contributed by atoms with Gasteiger partial charge in [-0.3, -0.25) is 4.79 Å². The third-order valence-corrected chi connectivity index (χ3v) is 4.97. The number of halogens is 1. The number of carbonyl (C=O) groups is 1. The molecule has 0 spiro atoms. The molecule has 1 saturated heterocycles.